The Morgan fingerprint density at radius 1 is 1.47 bits per heavy atom. The highest BCUT2D eigenvalue weighted by molar-refractivity contribution is 5.41. The van der Waals surface area contributed by atoms with Crippen LogP contribution >= 0.6 is 0 Å². The highest BCUT2D eigenvalue weighted by atomic mass is 16.5. The Morgan fingerprint density at radius 2 is 2.29 bits per heavy atom. The molecule has 1 N–H and O–H groups in total. The van der Waals surface area contributed by atoms with Crippen LogP contribution in [0.2, 0.25) is 0 Å². The second-order valence-corrected chi connectivity index (χ2v) is 4.52. The fraction of sp³-hybridized carbons (Fsp3) is 0.500. The number of nitrogens with one attached hydrogen (secondary N) is 1. The molecule has 3 heteroatoms. The molecule has 0 amide bonds. The summed E-state index contributed by atoms with van der Waals surface area (Å²) in [6, 6.07) is 8.44. The number of rotatable bonds is 6. The Hall–Kier alpha value is -1.53. The van der Waals surface area contributed by atoms with E-state index in [0.29, 0.717) is 12.2 Å². The van der Waals surface area contributed by atoms with Gasteiger partial charge in [0.2, 0.25) is 0 Å². The van der Waals surface area contributed by atoms with Crippen molar-refractivity contribution in [2.24, 2.45) is 0 Å². The minimum absolute atomic E-state index is 0.654. The number of ether oxygens (including phenoxy) is 1. The van der Waals surface area contributed by atoms with Gasteiger partial charge in [0.05, 0.1) is 18.2 Å². The Kier molecular flexibility index (Phi) is 4.00. The standard InChI is InChI=1S/C14H18N2O/c1-11-3-4-12(10-15)9-14(11)17-8-2-7-16-13-5-6-13/h3-4,9,13,16H,2,5-8H2,1H3. The zero-order valence-corrected chi connectivity index (χ0v) is 10.2. The van der Waals surface area contributed by atoms with E-state index in [-0.39, 0.29) is 0 Å². The number of aryl methyl sites for hydroxylation is 1. The summed E-state index contributed by atoms with van der Waals surface area (Å²) in [5, 5.41) is 12.3. The van der Waals surface area contributed by atoms with Crippen LogP contribution in [0.3, 0.4) is 0 Å². The second-order valence-electron chi connectivity index (χ2n) is 4.52. The van der Waals surface area contributed by atoms with Crippen LogP contribution in [0.1, 0.15) is 30.4 Å². The smallest absolute Gasteiger partial charge is 0.123 e. The van der Waals surface area contributed by atoms with E-state index in [1.165, 1.54) is 12.8 Å². The number of nitriles is 1. The van der Waals surface area contributed by atoms with Gasteiger partial charge in [-0.25, -0.2) is 0 Å². The third-order valence-corrected chi connectivity index (χ3v) is 2.91. The van der Waals surface area contributed by atoms with Crippen LogP contribution in [0.5, 0.6) is 5.75 Å². The van der Waals surface area contributed by atoms with Gasteiger partial charge in [0.25, 0.3) is 0 Å². The lowest BCUT2D eigenvalue weighted by molar-refractivity contribution is 0.306. The van der Waals surface area contributed by atoms with Crippen molar-refractivity contribution in [3.8, 4) is 11.8 Å². The Labute approximate surface area is 102 Å². The normalized spacial score (nSPS) is 14.4. The zero-order chi connectivity index (χ0) is 12.1. The van der Waals surface area contributed by atoms with Crippen LogP contribution in [0.15, 0.2) is 18.2 Å². The quantitative estimate of drug-likeness (QED) is 0.763. The molecule has 2 rings (SSSR count). The predicted molar refractivity (Wildman–Crippen MR) is 67.0 cm³/mol. The summed E-state index contributed by atoms with van der Waals surface area (Å²) in [4.78, 5) is 0. The van der Waals surface area contributed by atoms with E-state index >= 15 is 0 Å². The molecule has 0 heterocycles. The molecule has 17 heavy (non-hydrogen) atoms. The Balaban J connectivity index is 1.75. The average molecular weight is 230 g/mol. The van der Waals surface area contributed by atoms with Crippen LogP contribution in [-0.4, -0.2) is 19.2 Å². The molecule has 1 fully saturated rings. The molecule has 1 aromatic carbocycles. The summed E-state index contributed by atoms with van der Waals surface area (Å²) in [6.45, 7) is 3.72. The van der Waals surface area contributed by atoms with Gasteiger partial charge in [0.1, 0.15) is 5.75 Å². The molecule has 0 aliphatic heterocycles. The molecular formula is C14H18N2O. The first kappa shape index (κ1) is 11.9. The fourth-order valence-corrected chi connectivity index (χ4v) is 1.67. The van der Waals surface area contributed by atoms with Crippen molar-refractivity contribution in [3.05, 3.63) is 29.3 Å². The van der Waals surface area contributed by atoms with Gasteiger partial charge < -0.3 is 10.1 Å². The fourth-order valence-electron chi connectivity index (χ4n) is 1.67. The van der Waals surface area contributed by atoms with Gasteiger partial charge in [-0.1, -0.05) is 6.07 Å². The summed E-state index contributed by atoms with van der Waals surface area (Å²) in [5.41, 5.74) is 1.74. The monoisotopic (exact) mass is 230 g/mol. The van der Waals surface area contributed by atoms with Crippen LogP contribution in [0.25, 0.3) is 0 Å². The maximum absolute atomic E-state index is 8.82. The summed E-state index contributed by atoms with van der Waals surface area (Å²) in [5.74, 6) is 0.829. The molecule has 0 atom stereocenters. The average Bonchev–Trinajstić information content (AvgIpc) is 3.15. The molecule has 1 aliphatic carbocycles. The van der Waals surface area contributed by atoms with Gasteiger partial charge in [-0.05, 0) is 50.4 Å². The van der Waals surface area contributed by atoms with Crippen molar-refractivity contribution in [2.75, 3.05) is 13.2 Å². The van der Waals surface area contributed by atoms with E-state index < -0.39 is 0 Å². The maximum Gasteiger partial charge on any atom is 0.123 e. The van der Waals surface area contributed by atoms with E-state index in [1.807, 2.05) is 25.1 Å². The van der Waals surface area contributed by atoms with E-state index in [9.17, 15) is 0 Å². The number of hydrogen-bond acceptors (Lipinski definition) is 3. The minimum atomic E-state index is 0.654. The zero-order valence-electron chi connectivity index (χ0n) is 10.2. The van der Waals surface area contributed by atoms with Crippen LogP contribution in [0, 0.1) is 18.3 Å². The molecular weight excluding hydrogens is 212 g/mol. The molecule has 1 aromatic rings. The largest absolute Gasteiger partial charge is 0.493 e. The van der Waals surface area contributed by atoms with Crippen LogP contribution < -0.4 is 10.1 Å². The lowest BCUT2D eigenvalue weighted by Gasteiger charge is -2.09. The summed E-state index contributed by atoms with van der Waals surface area (Å²) in [6.07, 6.45) is 3.65. The van der Waals surface area contributed by atoms with Crippen molar-refractivity contribution in [2.45, 2.75) is 32.2 Å². The molecule has 0 spiro atoms. The van der Waals surface area contributed by atoms with Gasteiger partial charge in [0.15, 0.2) is 0 Å². The number of nitrogens with zero attached hydrogens (tertiary/aromatic N) is 1. The lowest BCUT2D eigenvalue weighted by Crippen LogP contribution is -2.19. The molecule has 0 bridgehead atoms. The van der Waals surface area contributed by atoms with Gasteiger partial charge in [0, 0.05) is 6.04 Å². The van der Waals surface area contributed by atoms with E-state index in [0.717, 1.165) is 30.3 Å². The second kappa shape index (κ2) is 5.70. The van der Waals surface area contributed by atoms with Gasteiger partial charge >= 0.3 is 0 Å². The summed E-state index contributed by atoms with van der Waals surface area (Å²) < 4.78 is 5.69. The molecule has 1 aliphatic rings. The lowest BCUT2D eigenvalue weighted by atomic mass is 10.1. The van der Waals surface area contributed by atoms with Gasteiger partial charge in [-0.15, -0.1) is 0 Å². The first-order chi connectivity index (χ1) is 8.29. The molecule has 0 unspecified atom stereocenters. The molecule has 3 nitrogen and oxygen atoms in total. The SMILES string of the molecule is Cc1ccc(C#N)cc1OCCCNC1CC1. The van der Waals surface area contributed by atoms with Gasteiger partial charge in [-0.3, -0.25) is 0 Å². The van der Waals surface area contributed by atoms with E-state index in [1.54, 1.807) is 0 Å². The minimum Gasteiger partial charge on any atom is -0.493 e. The predicted octanol–water partition coefficient (Wildman–Crippen LogP) is 2.39. The molecule has 0 radical (unpaired) electrons. The van der Waals surface area contributed by atoms with Crippen molar-refractivity contribution in [1.29, 1.82) is 5.26 Å². The summed E-state index contributed by atoms with van der Waals surface area (Å²) >= 11 is 0. The Bertz CT molecular complexity index is 419. The molecule has 90 valence electrons. The first-order valence-electron chi connectivity index (χ1n) is 6.16. The van der Waals surface area contributed by atoms with Crippen molar-refractivity contribution in [3.63, 3.8) is 0 Å². The van der Waals surface area contributed by atoms with Crippen molar-refractivity contribution < 1.29 is 4.74 Å². The van der Waals surface area contributed by atoms with Gasteiger partial charge in [-0.2, -0.15) is 5.26 Å². The third-order valence-electron chi connectivity index (χ3n) is 2.91. The van der Waals surface area contributed by atoms with Crippen LogP contribution in [0.4, 0.5) is 0 Å². The van der Waals surface area contributed by atoms with Crippen LogP contribution in [-0.2, 0) is 0 Å². The Morgan fingerprint density at radius 3 is 3.00 bits per heavy atom. The van der Waals surface area contributed by atoms with E-state index in [2.05, 4.69) is 11.4 Å². The highest BCUT2D eigenvalue weighted by Gasteiger charge is 2.19. The number of benzene rings is 1. The topological polar surface area (TPSA) is 45.0 Å². The first-order valence-corrected chi connectivity index (χ1v) is 6.16. The summed E-state index contributed by atoms with van der Waals surface area (Å²) in [7, 11) is 0. The highest BCUT2D eigenvalue weighted by Crippen LogP contribution is 2.20. The number of hydrogen-bond donors (Lipinski definition) is 1. The molecule has 0 aromatic heterocycles. The third kappa shape index (κ3) is 3.76. The van der Waals surface area contributed by atoms with E-state index in [4.69, 9.17) is 10.00 Å². The molecule has 1 saturated carbocycles. The maximum atomic E-state index is 8.82. The molecule has 0 saturated heterocycles. The van der Waals surface area contributed by atoms with Crippen molar-refractivity contribution >= 4 is 0 Å². The van der Waals surface area contributed by atoms with Crippen molar-refractivity contribution in [1.82, 2.24) is 5.32 Å².